The van der Waals surface area contributed by atoms with Gasteiger partial charge in [0.25, 0.3) is 0 Å². The number of aromatic nitrogens is 2. The number of nitrogens with zero attached hydrogens (tertiary/aromatic N) is 1. The Labute approximate surface area is 85.6 Å². The largest absolute Gasteiger partial charge is 0.335 e. The maximum absolute atomic E-state index is 11.2. The number of H-pyrrole nitrogens is 1. The zero-order valence-electron chi connectivity index (χ0n) is 7.87. The summed E-state index contributed by atoms with van der Waals surface area (Å²) in [6.45, 7) is 4.63. The van der Waals surface area contributed by atoms with E-state index < -0.39 is 10.8 Å². The van der Waals surface area contributed by atoms with Gasteiger partial charge in [0.1, 0.15) is 0 Å². The van der Waals surface area contributed by atoms with E-state index in [1.54, 1.807) is 0 Å². The Morgan fingerprint density at radius 3 is 2.85 bits per heavy atom. The number of nitrogens with one attached hydrogen (secondary N) is 1. The molecule has 1 aromatic heterocycles. The van der Waals surface area contributed by atoms with E-state index in [1.165, 1.54) is 0 Å². The fraction of sp³-hybridized carbons (Fsp3) is 0.625. The molecule has 0 spiro atoms. The summed E-state index contributed by atoms with van der Waals surface area (Å²) in [5.74, 6) is 1.40. The number of rotatable bonds is 4. The van der Waals surface area contributed by atoms with Crippen LogP contribution in [0.3, 0.4) is 0 Å². The van der Waals surface area contributed by atoms with Crippen LogP contribution in [-0.2, 0) is 17.3 Å². The van der Waals surface area contributed by atoms with Gasteiger partial charge in [-0.05, 0) is 19.1 Å². The monoisotopic (exact) mass is 218 g/mol. The zero-order chi connectivity index (χ0) is 9.84. The average molecular weight is 218 g/mol. The van der Waals surface area contributed by atoms with Gasteiger partial charge in [0.05, 0.1) is 0 Å². The zero-order valence-corrected chi connectivity index (χ0v) is 9.50. The van der Waals surface area contributed by atoms with Crippen LogP contribution in [0.4, 0.5) is 0 Å². The van der Waals surface area contributed by atoms with E-state index in [4.69, 9.17) is 12.2 Å². The van der Waals surface area contributed by atoms with E-state index in [9.17, 15) is 4.21 Å². The lowest BCUT2D eigenvalue weighted by Gasteiger charge is -2.00. The summed E-state index contributed by atoms with van der Waals surface area (Å²) >= 11 is 5.07. The van der Waals surface area contributed by atoms with E-state index in [2.05, 4.69) is 4.98 Å². The van der Waals surface area contributed by atoms with Crippen LogP contribution in [0, 0.1) is 11.7 Å². The fourth-order valence-corrected chi connectivity index (χ4v) is 2.07. The van der Waals surface area contributed by atoms with Crippen molar-refractivity contribution in [3.63, 3.8) is 0 Å². The number of imidazole rings is 1. The first-order chi connectivity index (χ1) is 6.13. The van der Waals surface area contributed by atoms with Crippen molar-refractivity contribution in [2.75, 3.05) is 11.5 Å². The summed E-state index contributed by atoms with van der Waals surface area (Å²) in [6, 6.07) is 0. The second-order valence-corrected chi connectivity index (χ2v) is 5.12. The molecule has 0 bridgehead atoms. The first-order valence-electron chi connectivity index (χ1n) is 4.24. The third-order valence-electron chi connectivity index (χ3n) is 1.80. The molecule has 1 atom stereocenters. The highest BCUT2D eigenvalue weighted by Gasteiger charge is 1.99. The summed E-state index contributed by atoms with van der Waals surface area (Å²) in [5.41, 5.74) is 1.05. The fourth-order valence-electron chi connectivity index (χ4n) is 1.08. The Hall–Kier alpha value is -0.420. The molecule has 13 heavy (non-hydrogen) atoms. The summed E-state index contributed by atoms with van der Waals surface area (Å²) < 4.78 is 13.8. The van der Waals surface area contributed by atoms with Gasteiger partial charge >= 0.3 is 0 Å². The van der Waals surface area contributed by atoms with Gasteiger partial charge in [-0.2, -0.15) is 0 Å². The maximum Gasteiger partial charge on any atom is 0.177 e. The molecule has 0 aliphatic heterocycles. The molecule has 1 unspecified atom stereocenters. The molecular weight excluding hydrogens is 204 g/mol. The number of hydrogen-bond acceptors (Lipinski definition) is 2. The highest BCUT2D eigenvalue weighted by Crippen LogP contribution is 1.97. The van der Waals surface area contributed by atoms with Crippen molar-refractivity contribution in [1.29, 1.82) is 0 Å². The van der Waals surface area contributed by atoms with Gasteiger partial charge in [0.2, 0.25) is 0 Å². The van der Waals surface area contributed by atoms with E-state index >= 15 is 0 Å². The molecule has 5 heteroatoms. The standard InChI is InChI=1S/C8H14N2OS2/c1-3-13(11)5-4-10-6-7(2)9-8(10)12/h6H,3-5H2,1-2H3,(H,9,12). The lowest BCUT2D eigenvalue weighted by atomic mass is 10.6. The Balaban J connectivity index is 2.59. The molecule has 0 amide bonds. The van der Waals surface area contributed by atoms with Gasteiger partial charge in [-0.3, -0.25) is 4.21 Å². The van der Waals surface area contributed by atoms with Crippen LogP contribution in [0.5, 0.6) is 0 Å². The average Bonchev–Trinajstić information content (AvgIpc) is 2.41. The number of aromatic amines is 1. The molecule has 0 aromatic carbocycles. The minimum absolute atomic E-state index is 0.683. The topological polar surface area (TPSA) is 37.8 Å². The van der Waals surface area contributed by atoms with Crippen LogP contribution < -0.4 is 0 Å². The Bertz CT molecular complexity index is 353. The number of hydrogen-bond donors (Lipinski definition) is 1. The Morgan fingerprint density at radius 1 is 1.69 bits per heavy atom. The third kappa shape index (κ3) is 3.08. The van der Waals surface area contributed by atoms with E-state index in [1.807, 2.05) is 24.6 Å². The smallest absolute Gasteiger partial charge is 0.177 e. The van der Waals surface area contributed by atoms with Gasteiger partial charge in [0, 0.05) is 40.7 Å². The summed E-state index contributed by atoms with van der Waals surface area (Å²) in [6.07, 6.45) is 1.95. The van der Waals surface area contributed by atoms with Crippen LogP contribution in [0.1, 0.15) is 12.6 Å². The molecule has 1 heterocycles. The Kier molecular flexibility index (Phi) is 3.87. The second kappa shape index (κ2) is 4.72. The minimum Gasteiger partial charge on any atom is -0.335 e. The van der Waals surface area contributed by atoms with Crippen LogP contribution in [0.15, 0.2) is 6.20 Å². The molecule has 0 fully saturated rings. The molecule has 0 saturated heterocycles. The van der Waals surface area contributed by atoms with Crippen LogP contribution in [0.25, 0.3) is 0 Å². The van der Waals surface area contributed by atoms with Gasteiger partial charge in [0.15, 0.2) is 4.77 Å². The van der Waals surface area contributed by atoms with Crippen LogP contribution in [-0.4, -0.2) is 25.3 Å². The third-order valence-corrected chi connectivity index (χ3v) is 3.41. The molecule has 3 nitrogen and oxygen atoms in total. The van der Waals surface area contributed by atoms with Gasteiger partial charge in [-0.1, -0.05) is 6.92 Å². The summed E-state index contributed by atoms with van der Waals surface area (Å²) in [4.78, 5) is 3.03. The van der Waals surface area contributed by atoms with Crippen molar-refractivity contribution < 1.29 is 4.21 Å². The molecule has 0 saturated carbocycles. The highest BCUT2D eigenvalue weighted by molar-refractivity contribution is 7.84. The van der Waals surface area contributed by atoms with Crippen molar-refractivity contribution in [3.8, 4) is 0 Å². The van der Waals surface area contributed by atoms with Gasteiger partial charge in [-0.15, -0.1) is 0 Å². The van der Waals surface area contributed by atoms with Crippen molar-refractivity contribution >= 4 is 23.0 Å². The van der Waals surface area contributed by atoms with Crippen molar-refractivity contribution in [2.45, 2.75) is 20.4 Å². The predicted octanol–water partition coefficient (Wildman–Crippen LogP) is 1.62. The normalized spacial score (nSPS) is 13.1. The van der Waals surface area contributed by atoms with Crippen molar-refractivity contribution in [1.82, 2.24) is 9.55 Å². The van der Waals surface area contributed by atoms with Crippen molar-refractivity contribution in [2.24, 2.45) is 0 Å². The van der Waals surface area contributed by atoms with Crippen LogP contribution >= 0.6 is 12.2 Å². The van der Waals surface area contributed by atoms with E-state index in [0.29, 0.717) is 10.5 Å². The lowest BCUT2D eigenvalue weighted by molar-refractivity contribution is 0.673. The van der Waals surface area contributed by atoms with Crippen molar-refractivity contribution in [3.05, 3.63) is 16.7 Å². The highest BCUT2D eigenvalue weighted by atomic mass is 32.2. The molecule has 0 aliphatic carbocycles. The maximum atomic E-state index is 11.2. The summed E-state index contributed by atoms with van der Waals surface area (Å²) in [7, 11) is -0.708. The molecule has 0 radical (unpaired) electrons. The van der Waals surface area contributed by atoms with Gasteiger partial charge in [-0.25, -0.2) is 0 Å². The van der Waals surface area contributed by atoms with E-state index in [0.717, 1.165) is 18.0 Å². The molecule has 74 valence electrons. The Morgan fingerprint density at radius 2 is 2.38 bits per heavy atom. The van der Waals surface area contributed by atoms with E-state index in [-0.39, 0.29) is 0 Å². The molecular formula is C8H14N2OS2. The van der Waals surface area contributed by atoms with Crippen LogP contribution in [0.2, 0.25) is 0 Å². The molecule has 1 aromatic rings. The summed E-state index contributed by atoms with van der Waals surface area (Å²) in [5, 5.41) is 0. The molecule has 0 aliphatic rings. The lowest BCUT2D eigenvalue weighted by Crippen LogP contribution is -2.08. The molecule has 1 N–H and O–H groups in total. The second-order valence-electron chi connectivity index (χ2n) is 2.87. The first kappa shape index (κ1) is 10.7. The molecule has 1 rings (SSSR count). The first-order valence-corrected chi connectivity index (χ1v) is 6.14. The number of aryl methyl sites for hydroxylation is 2. The SMILES string of the molecule is CCS(=O)CCn1cc(C)[nH]c1=S. The van der Waals surface area contributed by atoms with Gasteiger partial charge < -0.3 is 9.55 Å². The quantitative estimate of drug-likeness (QED) is 0.780. The predicted molar refractivity (Wildman–Crippen MR) is 57.9 cm³/mol. The minimum atomic E-state index is -0.708.